The number of hydrogen-bond acceptors (Lipinski definition) is 4. The minimum absolute atomic E-state index is 0.0801. The van der Waals surface area contributed by atoms with Crippen LogP contribution in [0.4, 0.5) is 0 Å². The molecule has 1 aromatic heterocycles. The lowest BCUT2D eigenvalue weighted by molar-refractivity contribution is 0.0645. The molecule has 8 heteroatoms. The molecule has 0 unspecified atom stereocenters. The largest absolute Gasteiger partial charge is 0.489 e. The van der Waals surface area contributed by atoms with Crippen LogP contribution in [0.5, 0.6) is 5.75 Å². The molecule has 2 aromatic rings. The van der Waals surface area contributed by atoms with Crippen molar-refractivity contribution in [3.8, 4) is 11.4 Å². The quantitative estimate of drug-likeness (QED) is 0.644. The number of aromatic nitrogens is 2. The summed E-state index contributed by atoms with van der Waals surface area (Å²) in [4.78, 5) is 0. The fourth-order valence-electron chi connectivity index (χ4n) is 2.35. The van der Waals surface area contributed by atoms with Gasteiger partial charge in [-0.15, -0.1) is 10.3 Å². The fourth-order valence-corrected chi connectivity index (χ4v) is 4.25. The first-order chi connectivity index (χ1) is 12.4. The summed E-state index contributed by atoms with van der Waals surface area (Å²) in [5, 5.41) is 13.8. The van der Waals surface area contributed by atoms with Gasteiger partial charge in [0, 0.05) is 23.2 Å². The number of benzene rings is 1. The van der Waals surface area contributed by atoms with E-state index in [1.807, 2.05) is 38.2 Å². The Hall–Kier alpha value is -0.955. The van der Waals surface area contributed by atoms with Crippen LogP contribution in [0.2, 0.25) is 0 Å². The first-order valence-corrected chi connectivity index (χ1v) is 11.9. The first-order valence-electron chi connectivity index (χ1n) is 8.73. The molecule has 27 heavy (non-hydrogen) atoms. The maximum Gasteiger partial charge on any atom is 0.329 e. The van der Waals surface area contributed by atoms with Gasteiger partial charge in [0.05, 0.1) is 10.2 Å². The van der Waals surface area contributed by atoms with Crippen molar-refractivity contribution in [1.82, 2.24) is 9.78 Å². The second-order valence-electron chi connectivity index (χ2n) is 8.40. The molecule has 0 bridgehead atoms. The van der Waals surface area contributed by atoms with Crippen molar-refractivity contribution in [1.29, 1.82) is 0 Å². The summed E-state index contributed by atoms with van der Waals surface area (Å²) in [5.74, 6) is 0.673. The smallest absolute Gasteiger partial charge is 0.329 e. The van der Waals surface area contributed by atoms with E-state index in [-0.39, 0.29) is 4.75 Å². The highest BCUT2D eigenvalue weighted by Gasteiger charge is 2.35. The molecule has 0 fully saturated rings. The van der Waals surface area contributed by atoms with E-state index in [1.54, 1.807) is 10.9 Å². The van der Waals surface area contributed by atoms with E-state index in [2.05, 4.69) is 54.3 Å². The lowest BCUT2D eigenvalue weighted by atomic mass is 9.87. The molecular weight excluding hydrogens is 427 g/mol. The maximum absolute atomic E-state index is 9.55. The zero-order valence-corrected chi connectivity index (χ0v) is 19.5. The molecule has 0 amide bonds. The second kappa shape index (κ2) is 8.19. The van der Waals surface area contributed by atoms with Crippen LogP contribution in [0.25, 0.3) is 5.69 Å². The summed E-state index contributed by atoms with van der Waals surface area (Å²) >= 11 is 3.52. The molecule has 2 rings (SSSR count). The van der Waals surface area contributed by atoms with Gasteiger partial charge in [0.1, 0.15) is 18.0 Å². The number of hydrogen-bond donors (Lipinski definition) is 1. The van der Waals surface area contributed by atoms with Crippen molar-refractivity contribution in [2.75, 3.05) is 19.1 Å². The van der Waals surface area contributed by atoms with Gasteiger partial charge in [-0.25, -0.2) is 4.68 Å². The number of ether oxygens (including phenoxy) is 1. The van der Waals surface area contributed by atoms with Gasteiger partial charge in [-0.3, -0.25) is 0 Å². The Kier molecular flexibility index (Phi) is 6.78. The summed E-state index contributed by atoms with van der Waals surface area (Å²) in [6.45, 7) is 11.1. The minimum Gasteiger partial charge on any atom is -0.489 e. The molecule has 5 nitrogen and oxygen atoms in total. The van der Waals surface area contributed by atoms with E-state index >= 15 is 0 Å². The van der Waals surface area contributed by atoms with E-state index in [0.717, 1.165) is 17.6 Å². The van der Waals surface area contributed by atoms with E-state index in [4.69, 9.17) is 8.92 Å². The van der Waals surface area contributed by atoms with E-state index in [1.165, 1.54) is 0 Å². The molecule has 1 heterocycles. The van der Waals surface area contributed by atoms with Gasteiger partial charge < -0.3 is 13.9 Å². The predicted octanol–water partition coefficient (Wildman–Crippen LogP) is 3.82. The molecule has 0 aliphatic heterocycles. The topological polar surface area (TPSA) is 56.5 Å². The van der Waals surface area contributed by atoms with Crippen molar-refractivity contribution in [3.05, 3.63) is 35.1 Å². The van der Waals surface area contributed by atoms with E-state index in [9.17, 15) is 5.02 Å². The first kappa shape index (κ1) is 22.3. The normalized spacial score (nSPS) is 13.5. The lowest BCUT2D eigenvalue weighted by Gasteiger charge is -2.48. The van der Waals surface area contributed by atoms with Crippen molar-refractivity contribution < 1.29 is 13.9 Å². The van der Waals surface area contributed by atoms with Crippen LogP contribution < -0.4 is 10.2 Å². The summed E-state index contributed by atoms with van der Waals surface area (Å²) in [6, 6.07) is 5.50. The van der Waals surface area contributed by atoms with Gasteiger partial charge in [0.15, 0.2) is 0 Å². The lowest BCUT2D eigenvalue weighted by Crippen LogP contribution is -2.38. The highest BCUT2D eigenvalue weighted by atomic mass is 79.9. The fraction of sp³-hybridized carbons (Fsp3) is 0.526. The minimum atomic E-state index is -1.27. The van der Waals surface area contributed by atoms with Gasteiger partial charge in [-0.05, 0) is 59.9 Å². The molecule has 0 saturated carbocycles. The second-order valence-corrected chi connectivity index (χ2v) is 13.1. The van der Waals surface area contributed by atoms with E-state index in [0.29, 0.717) is 17.8 Å². The Bertz CT molecular complexity index is 774. The Morgan fingerprint density at radius 2 is 1.89 bits per heavy atom. The van der Waals surface area contributed by atoms with Crippen LogP contribution in [0.15, 0.2) is 35.1 Å². The SMILES string of the molecule is CC(C)(COc1cc(-n2cccn2)c([B]O)cc1Br)OS(C)(C)C(C)(C)C. The van der Waals surface area contributed by atoms with Crippen LogP contribution >= 0.6 is 26.2 Å². The average Bonchev–Trinajstić information content (AvgIpc) is 3.05. The molecule has 0 aliphatic rings. The van der Waals surface area contributed by atoms with Crippen molar-refractivity contribution in [3.63, 3.8) is 0 Å². The highest BCUT2D eigenvalue weighted by Crippen LogP contribution is 2.56. The van der Waals surface area contributed by atoms with Crippen LogP contribution in [-0.2, 0) is 4.18 Å². The Balaban J connectivity index is 2.21. The zero-order chi connectivity index (χ0) is 20.5. The molecular formula is C19H29BBrN2O3S. The summed E-state index contributed by atoms with van der Waals surface area (Å²) in [5.41, 5.74) is 0.936. The van der Waals surface area contributed by atoms with Gasteiger partial charge >= 0.3 is 7.48 Å². The van der Waals surface area contributed by atoms with Gasteiger partial charge in [0.25, 0.3) is 0 Å². The van der Waals surface area contributed by atoms with Gasteiger partial charge in [-0.1, -0.05) is 20.8 Å². The molecule has 0 saturated heterocycles. The molecule has 1 radical (unpaired) electrons. The summed E-state index contributed by atoms with van der Waals surface area (Å²) in [7, 11) is -0.205. The monoisotopic (exact) mass is 455 g/mol. The van der Waals surface area contributed by atoms with E-state index < -0.39 is 15.9 Å². The number of halogens is 1. The van der Waals surface area contributed by atoms with Crippen molar-refractivity contribution >= 4 is 39.2 Å². The predicted molar refractivity (Wildman–Crippen MR) is 119 cm³/mol. The van der Waals surface area contributed by atoms with Crippen LogP contribution in [0.1, 0.15) is 34.6 Å². The average molecular weight is 456 g/mol. The molecule has 0 atom stereocenters. The molecule has 1 aromatic carbocycles. The Morgan fingerprint density at radius 1 is 1.22 bits per heavy atom. The third-order valence-corrected chi connectivity index (χ3v) is 8.89. The zero-order valence-electron chi connectivity index (χ0n) is 17.1. The van der Waals surface area contributed by atoms with Crippen LogP contribution in [0, 0.1) is 0 Å². The third kappa shape index (κ3) is 5.53. The van der Waals surface area contributed by atoms with Crippen molar-refractivity contribution in [2.45, 2.75) is 45.0 Å². The summed E-state index contributed by atoms with van der Waals surface area (Å²) in [6.07, 6.45) is 7.89. The Morgan fingerprint density at radius 3 is 2.41 bits per heavy atom. The molecule has 149 valence electrons. The van der Waals surface area contributed by atoms with Crippen molar-refractivity contribution in [2.24, 2.45) is 0 Å². The maximum atomic E-state index is 9.55. The standard InChI is InChI=1S/C19H29BBrN2O3S/c1-18(2,3)27(6,7)26-19(4,5)13-25-17-12-16(23-10-8-9-22-23)14(20-24)11-15(17)21/h8-12,24H,13H2,1-7H3. The number of rotatable bonds is 7. The van der Waals surface area contributed by atoms with Crippen LogP contribution in [0.3, 0.4) is 0 Å². The van der Waals surface area contributed by atoms with Crippen LogP contribution in [-0.4, -0.2) is 51.8 Å². The summed E-state index contributed by atoms with van der Waals surface area (Å²) < 4.78 is 15.1. The highest BCUT2D eigenvalue weighted by molar-refractivity contribution is 9.10. The molecule has 0 spiro atoms. The molecule has 1 N–H and O–H groups in total. The Labute approximate surface area is 173 Å². The molecule has 0 aliphatic carbocycles. The number of nitrogens with zero attached hydrogens (tertiary/aromatic N) is 2. The van der Waals surface area contributed by atoms with Gasteiger partial charge in [-0.2, -0.15) is 5.10 Å². The third-order valence-electron chi connectivity index (χ3n) is 4.46. The van der Waals surface area contributed by atoms with Gasteiger partial charge in [0.2, 0.25) is 0 Å².